The SMILES string of the molecule is C#Cc1cccc(NC(=O)CNC(=NC)NCC2(Sc3ccccc3)CC2)c1.I. The topological polar surface area (TPSA) is 65.5 Å². The zero-order valence-electron chi connectivity index (χ0n) is 16.3. The quantitative estimate of drug-likeness (QED) is 0.226. The van der Waals surface area contributed by atoms with Gasteiger partial charge >= 0.3 is 0 Å². The van der Waals surface area contributed by atoms with Gasteiger partial charge in [-0.05, 0) is 43.2 Å². The average Bonchev–Trinajstić information content (AvgIpc) is 3.48. The lowest BCUT2D eigenvalue weighted by Crippen LogP contribution is -2.44. The minimum Gasteiger partial charge on any atom is -0.355 e. The fourth-order valence-electron chi connectivity index (χ4n) is 2.71. The smallest absolute Gasteiger partial charge is 0.243 e. The summed E-state index contributed by atoms with van der Waals surface area (Å²) in [5, 5.41) is 9.23. The molecule has 5 nitrogen and oxygen atoms in total. The highest BCUT2D eigenvalue weighted by Crippen LogP contribution is 2.51. The van der Waals surface area contributed by atoms with Crippen LogP contribution < -0.4 is 16.0 Å². The van der Waals surface area contributed by atoms with Gasteiger partial charge in [0.2, 0.25) is 5.91 Å². The van der Waals surface area contributed by atoms with E-state index < -0.39 is 0 Å². The van der Waals surface area contributed by atoms with Crippen molar-refractivity contribution in [2.45, 2.75) is 22.5 Å². The fraction of sp³-hybridized carbons (Fsp3) is 0.273. The number of rotatable bonds is 7. The van der Waals surface area contributed by atoms with Crippen LogP contribution in [-0.2, 0) is 4.79 Å². The Hall–Kier alpha value is -2.18. The predicted octanol–water partition coefficient (Wildman–Crippen LogP) is 3.71. The van der Waals surface area contributed by atoms with E-state index in [1.165, 1.54) is 17.7 Å². The van der Waals surface area contributed by atoms with Crippen LogP contribution >= 0.6 is 35.7 Å². The number of amides is 1. The first-order valence-electron chi connectivity index (χ1n) is 9.18. The molecule has 2 aromatic rings. The molecular weight excluding hydrogens is 495 g/mol. The predicted molar refractivity (Wildman–Crippen MR) is 132 cm³/mol. The molecular formula is C22H25IN4OS. The maximum absolute atomic E-state index is 12.2. The van der Waals surface area contributed by atoms with Crippen molar-refractivity contribution in [3.05, 3.63) is 60.2 Å². The van der Waals surface area contributed by atoms with E-state index in [0.717, 1.165) is 12.1 Å². The highest BCUT2D eigenvalue weighted by atomic mass is 127. The van der Waals surface area contributed by atoms with Crippen LogP contribution in [0.3, 0.4) is 0 Å². The highest BCUT2D eigenvalue weighted by Gasteiger charge is 2.43. The lowest BCUT2D eigenvalue weighted by Gasteiger charge is -2.18. The normalized spacial score (nSPS) is 14.1. The summed E-state index contributed by atoms with van der Waals surface area (Å²) >= 11 is 1.90. The molecule has 0 radical (unpaired) electrons. The van der Waals surface area contributed by atoms with E-state index in [0.29, 0.717) is 11.6 Å². The largest absolute Gasteiger partial charge is 0.355 e. The molecule has 0 heterocycles. The van der Waals surface area contributed by atoms with Gasteiger partial charge in [0.1, 0.15) is 0 Å². The molecule has 152 valence electrons. The third kappa shape index (κ3) is 7.29. The number of hydrogen-bond donors (Lipinski definition) is 3. The number of guanidine groups is 1. The van der Waals surface area contributed by atoms with Gasteiger partial charge in [-0.2, -0.15) is 0 Å². The molecule has 2 aromatic carbocycles. The Morgan fingerprint density at radius 1 is 1.17 bits per heavy atom. The number of hydrogen-bond acceptors (Lipinski definition) is 3. The van der Waals surface area contributed by atoms with Gasteiger partial charge < -0.3 is 16.0 Å². The van der Waals surface area contributed by atoms with E-state index >= 15 is 0 Å². The molecule has 29 heavy (non-hydrogen) atoms. The molecule has 1 saturated carbocycles. The number of thioether (sulfide) groups is 1. The van der Waals surface area contributed by atoms with Crippen molar-refractivity contribution in [2.24, 2.45) is 4.99 Å². The van der Waals surface area contributed by atoms with Crippen LogP contribution in [0.2, 0.25) is 0 Å². The Morgan fingerprint density at radius 3 is 2.59 bits per heavy atom. The highest BCUT2D eigenvalue weighted by molar-refractivity contribution is 14.0. The van der Waals surface area contributed by atoms with E-state index in [-0.39, 0.29) is 41.2 Å². The van der Waals surface area contributed by atoms with Crippen LogP contribution in [0.15, 0.2) is 64.5 Å². The third-order valence-electron chi connectivity index (χ3n) is 4.42. The number of aliphatic imine (C=N–C) groups is 1. The number of nitrogens with zero attached hydrogens (tertiary/aromatic N) is 1. The van der Waals surface area contributed by atoms with Crippen LogP contribution in [0.1, 0.15) is 18.4 Å². The molecule has 3 rings (SSSR count). The number of carbonyl (C=O) groups is 1. The van der Waals surface area contributed by atoms with Crippen LogP contribution in [0, 0.1) is 12.3 Å². The maximum atomic E-state index is 12.2. The Morgan fingerprint density at radius 2 is 1.93 bits per heavy atom. The van der Waals surface area contributed by atoms with Crippen LogP contribution in [-0.4, -0.2) is 36.8 Å². The Kier molecular flexibility index (Phi) is 8.86. The van der Waals surface area contributed by atoms with Crippen molar-refractivity contribution < 1.29 is 4.79 Å². The first kappa shape index (κ1) is 23.1. The number of anilines is 1. The van der Waals surface area contributed by atoms with E-state index in [1.54, 1.807) is 13.1 Å². The molecule has 1 aliphatic carbocycles. The second-order valence-electron chi connectivity index (χ2n) is 6.65. The first-order chi connectivity index (χ1) is 13.6. The van der Waals surface area contributed by atoms with Gasteiger partial charge in [-0.3, -0.25) is 9.79 Å². The number of nitrogens with one attached hydrogen (secondary N) is 3. The first-order valence-corrected chi connectivity index (χ1v) is 9.99. The van der Waals surface area contributed by atoms with Gasteiger partial charge in [0.05, 0.1) is 6.54 Å². The van der Waals surface area contributed by atoms with E-state index in [2.05, 4.69) is 51.1 Å². The molecule has 0 saturated heterocycles. The van der Waals surface area contributed by atoms with Crippen molar-refractivity contribution >= 4 is 53.3 Å². The van der Waals surface area contributed by atoms with Crippen LogP contribution in [0.4, 0.5) is 5.69 Å². The standard InChI is InChI=1S/C22H24N4OS.HI/c1-3-17-8-7-9-18(14-17)26-20(27)15-24-21(23-2)25-16-22(12-13-22)28-19-10-5-4-6-11-19;/h1,4-11,14H,12-13,15-16H2,2H3,(H,26,27)(H2,23,24,25);1H. The monoisotopic (exact) mass is 520 g/mol. The number of carbonyl (C=O) groups excluding carboxylic acids is 1. The van der Waals surface area contributed by atoms with Crippen molar-refractivity contribution in [3.8, 4) is 12.3 Å². The van der Waals surface area contributed by atoms with Crippen molar-refractivity contribution in [2.75, 3.05) is 25.5 Å². The van der Waals surface area contributed by atoms with Gasteiger partial charge in [-0.1, -0.05) is 30.2 Å². The van der Waals surface area contributed by atoms with Gasteiger partial charge in [0.15, 0.2) is 5.96 Å². The van der Waals surface area contributed by atoms with Crippen molar-refractivity contribution in [3.63, 3.8) is 0 Å². The number of benzene rings is 2. The fourth-order valence-corrected chi connectivity index (χ4v) is 3.96. The lowest BCUT2D eigenvalue weighted by atomic mass is 10.2. The molecule has 0 spiro atoms. The minimum absolute atomic E-state index is 0. The maximum Gasteiger partial charge on any atom is 0.243 e. The van der Waals surface area contributed by atoms with E-state index in [4.69, 9.17) is 6.42 Å². The Bertz CT molecular complexity index is 891. The zero-order valence-corrected chi connectivity index (χ0v) is 19.4. The summed E-state index contributed by atoms with van der Waals surface area (Å²) in [6.45, 7) is 0.927. The molecule has 7 heteroatoms. The lowest BCUT2D eigenvalue weighted by molar-refractivity contribution is -0.115. The molecule has 0 atom stereocenters. The zero-order chi connectivity index (χ0) is 19.8. The molecule has 1 aliphatic rings. The molecule has 1 fully saturated rings. The average molecular weight is 520 g/mol. The van der Waals surface area contributed by atoms with Gasteiger partial charge in [-0.25, -0.2) is 0 Å². The summed E-state index contributed by atoms with van der Waals surface area (Å²) in [5.74, 6) is 3.02. The number of halogens is 1. The third-order valence-corrected chi connectivity index (χ3v) is 5.91. The van der Waals surface area contributed by atoms with Gasteiger partial charge in [0, 0.05) is 34.5 Å². The van der Waals surface area contributed by atoms with Gasteiger partial charge in [-0.15, -0.1) is 42.2 Å². The summed E-state index contributed by atoms with van der Waals surface area (Å²) in [6, 6.07) is 17.6. The molecule has 0 aliphatic heterocycles. The molecule has 0 aromatic heterocycles. The molecule has 3 N–H and O–H groups in total. The Labute approximate surface area is 193 Å². The summed E-state index contributed by atoms with van der Waals surface area (Å²) in [6.07, 6.45) is 7.73. The number of terminal acetylenes is 1. The van der Waals surface area contributed by atoms with Gasteiger partial charge in [0.25, 0.3) is 0 Å². The van der Waals surface area contributed by atoms with Crippen molar-refractivity contribution in [1.82, 2.24) is 10.6 Å². The van der Waals surface area contributed by atoms with E-state index in [1.807, 2.05) is 36.0 Å². The molecule has 0 unspecified atom stereocenters. The van der Waals surface area contributed by atoms with E-state index in [9.17, 15) is 4.79 Å². The summed E-state index contributed by atoms with van der Waals surface area (Å²) in [5.41, 5.74) is 1.41. The summed E-state index contributed by atoms with van der Waals surface area (Å²) in [4.78, 5) is 17.7. The Balaban J connectivity index is 0.00000300. The van der Waals surface area contributed by atoms with Crippen LogP contribution in [0.25, 0.3) is 0 Å². The van der Waals surface area contributed by atoms with Crippen LogP contribution in [0.5, 0.6) is 0 Å². The molecule has 1 amide bonds. The second kappa shape index (κ2) is 11.1. The minimum atomic E-state index is -0.156. The summed E-state index contributed by atoms with van der Waals surface area (Å²) in [7, 11) is 1.70. The van der Waals surface area contributed by atoms with Crippen molar-refractivity contribution in [1.29, 1.82) is 0 Å². The summed E-state index contributed by atoms with van der Waals surface area (Å²) < 4.78 is 0.205. The second-order valence-corrected chi connectivity index (χ2v) is 8.19. The molecule has 0 bridgehead atoms.